The van der Waals surface area contributed by atoms with Gasteiger partial charge < -0.3 is 0 Å². The van der Waals surface area contributed by atoms with Crippen molar-refractivity contribution in [3.8, 4) is 11.1 Å². The summed E-state index contributed by atoms with van der Waals surface area (Å²) in [6, 6.07) is 13.6. The number of Topliss-reactive ketones (excluding diaryl/α,β-unsaturated/α-hetero) is 1. The lowest BCUT2D eigenvalue weighted by Gasteiger charge is -2.03. The van der Waals surface area contributed by atoms with Crippen molar-refractivity contribution in [1.29, 1.82) is 0 Å². The Morgan fingerprint density at radius 2 is 1.47 bits per heavy atom. The van der Waals surface area contributed by atoms with Crippen molar-refractivity contribution >= 4 is 11.5 Å². The van der Waals surface area contributed by atoms with Gasteiger partial charge in [0.05, 0.1) is 4.92 Å². The first-order valence-electron chi connectivity index (χ1n) is 6.00. The van der Waals surface area contributed by atoms with Crippen LogP contribution in [0.25, 0.3) is 11.1 Å². The van der Waals surface area contributed by atoms with Crippen LogP contribution >= 0.6 is 0 Å². The molecule has 0 radical (unpaired) electrons. The highest BCUT2D eigenvalue weighted by Gasteiger charge is 2.06. The Hall–Kier alpha value is -2.49. The number of nitrogens with zero attached hydrogens (tertiary/aromatic N) is 1. The highest BCUT2D eigenvalue weighted by atomic mass is 16.6. The second-order valence-electron chi connectivity index (χ2n) is 4.16. The molecular weight excluding hydrogens is 242 g/mol. The third-order valence-electron chi connectivity index (χ3n) is 2.94. The van der Waals surface area contributed by atoms with E-state index in [0.29, 0.717) is 12.0 Å². The smallest absolute Gasteiger partial charge is 0.269 e. The van der Waals surface area contributed by atoms with E-state index in [0.717, 1.165) is 11.1 Å². The van der Waals surface area contributed by atoms with Gasteiger partial charge in [-0.05, 0) is 23.3 Å². The van der Waals surface area contributed by atoms with Gasteiger partial charge in [0, 0.05) is 24.1 Å². The molecule has 0 unspecified atom stereocenters. The molecule has 0 fully saturated rings. The van der Waals surface area contributed by atoms with Crippen molar-refractivity contribution in [2.45, 2.75) is 13.3 Å². The van der Waals surface area contributed by atoms with Gasteiger partial charge in [-0.2, -0.15) is 0 Å². The van der Waals surface area contributed by atoms with E-state index in [1.165, 1.54) is 12.1 Å². The molecule has 19 heavy (non-hydrogen) atoms. The molecule has 0 heterocycles. The fourth-order valence-electron chi connectivity index (χ4n) is 1.83. The van der Waals surface area contributed by atoms with Crippen molar-refractivity contribution in [3.05, 3.63) is 64.2 Å². The summed E-state index contributed by atoms with van der Waals surface area (Å²) in [4.78, 5) is 21.7. The average Bonchev–Trinajstić information content (AvgIpc) is 2.46. The molecule has 2 aromatic carbocycles. The van der Waals surface area contributed by atoms with E-state index < -0.39 is 4.92 Å². The minimum absolute atomic E-state index is 0.0709. The largest absolute Gasteiger partial charge is 0.294 e. The number of nitro benzene ring substituents is 1. The molecule has 0 aromatic heterocycles. The molecule has 0 aliphatic heterocycles. The Morgan fingerprint density at radius 1 is 1.00 bits per heavy atom. The second kappa shape index (κ2) is 5.44. The van der Waals surface area contributed by atoms with Gasteiger partial charge in [-0.3, -0.25) is 14.9 Å². The number of rotatable bonds is 4. The van der Waals surface area contributed by atoms with Crippen molar-refractivity contribution in [3.63, 3.8) is 0 Å². The monoisotopic (exact) mass is 255 g/mol. The summed E-state index contributed by atoms with van der Waals surface area (Å²) >= 11 is 0. The summed E-state index contributed by atoms with van der Waals surface area (Å²) < 4.78 is 0. The van der Waals surface area contributed by atoms with Crippen LogP contribution in [-0.2, 0) is 0 Å². The minimum atomic E-state index is -0.424. The predicted octanol–water partition coefficient (Wildman–Crippen LogP) is 3.85. The molecule has 0 aliphatic rings. The SMILES string of the molecule is CCC(=O)c1ccc(-c2ccc([N+](=O)[O-])cc2)cc1. The van der Waals surface area contributed by atoms with Crippen molar-refractivity contribution in [2.24, 2.45) is 0 Å². The summed E-state index contributed by atoms with van der Waals surface area (Å²) in [6.45, 7) is 1.83. The van der Waals surface area contributed by atoms with Crippen LogP contribution in [-0.4, -0.2) is 10.7 Å². The highest BCUT2D eigenvalue weighted by molar-refractivity contribution is 5.96. The Labute approximate surface area is 110 Å². The Bertz CT molecular complexity index is 600. The maximum absolute atomic E-state index is 11.5. The van der Waals surface area contributed by atoms with E-state index in [2.05, 4.69) is 0 Å². The van der Waals surface area contributed by atoms with Crippen LogP contribution in [0.1, 0.15) is 23.7 Å². The van der Waals surface area contributed by atoms with Crippen molar-refractivity contribution in [2.75, 3.05) is 0 Å². The molecule has 0 amide bonds. The maximum Gasteiger partial charge on any atom is 0.269 e. The van der Waals surface area contributed by atoms with Crippen LogP contribution in [0.15, 0.2) is 48.5 Å². The Morgan fingerprint density at radius 3 is 1.89 bits per heavy atom. The summed E-state index contributed by atoms with van der Waals surface area (Å²) in [5.74, 6) is 0.107. The van der Waals surface area contributed by atoms with Gasteiger partial charge in [-0.15, -0.1) is 0 Å². The van der Waals surface area contributed by atoms with Gasteiger partial charge in [-0.1, -0.05) is 31.2 Å². The molecule has 96 valence electrons. The molecule has 0 saturated carbocycles. The highest BCUT2D eigenvalue weighted by Crippen LogP contribution is 2.23. The molecule has 0 saturated heterocycles. The number of carbonyl (C=O) groups is 1. The van der Waals surface area contributed by atoms with Gasteiger partial charge in [0.1, 0.15) is 0 Å². The van der Waals surface area contributed by atoms with Crippen molar-refractivity contribution < 1.29 is 9.72 Å². The lowest BCUT2D eigenvalue weighted by atomic mass is 10.0. The van der Waals surface area contributed by atoms with E-state index in [-0.39, 0.29) is 11.5 Å². The van der Waals surface area contributed by atoms with Crippen LogP contribution in [0.2, 0.25) is 0 Å². The van der Waals surface area contributed by atoms with Gasteiger partial charge >= 0.3 is 0 Å². The Kier molecular flexibility index (Phi) is 3.71. The van der Waals surface area contributed by atoms with E-state index in [4.69, 9.17) is 0 Å². The molecule has 0 N–H and O–H groups in total. The molecule has 4 nitrogen and oxygen atoms in total. The lowest BCUT2D eigenvalue weighted by molar-refractivity contribution is -0.384. The first-order chi connectivity index (χ1) is 9.11. The molecule has 0 atom stereocenters. The molecule has 2 rings (SSSR count). The van der Waals surface area contributed by atoms with Crippen LogP contribution in [0.4, 0.5) is 5.69 Å². The normalized spacial score (nSPS) is 10.2. The zero-order valence-electron chi connectivity index (χ0n) is 10.5. The topological polar surface area (TPSA) is 60.2 Å². The molecule has 0 spiro atoms. The average molecular weight is 255 g/mol. The third kappa shape index (κ3) is 2.85. The zero-order valence-corrected chi connectivity index (χ0v) is 10.5. The summed E-state index contributed by atoms with van der Waals surface area (Å²) in [6.07, 6.45) is 0.483. The van der Waals surface area contributed by atoms with E-state index >= 15 is 0 Å². The van der Waals surface area contributed by atoms with E-state index in [1.54, 1.807) is 24.3 Å². The minimum Gasteiger partial charge on any atom is -0.294 e. The summed E-state index contributed by atoms with van der Waals surface area (Å²) in [7, 11) is 0. The Balaban J connectivity index is 2.27. The summed E-state index contributed by atoms with van der Waals surface area (Å²) in [5.41, 5.74) is 2.58. The number of nitro groups is 1. The first kappa shape index (κ1) is 13.0. The molecule has 0 bridgehead atoms. The standard InChI is InChI=1S/C15H13NO3/c1-2-15(17)13-5-3-11(4-6-13)12-7-9-14(10-8-12)16(18)19/h3-10H,2H2,1H3. The predicted molar refractivity (Wildman–Crippen MR) is 73.2 cm³/mol. The second-order valence-corrected chi connectivity index (χ2v) is 4.16. The maximum atomic E-state index is 11.5. The van der Waals surface area contributed by atoms with Gasteiger partial charge in [0.25, 0.3) is 5.69 Å². The lowest BCUT2D eigenvalue weighted by Crippen LogP contribution is -1.95. The van der Waals surface area contributed by atoms with E-state index in [9.17, 15) is 14.9 Å². The van der Waals surface area contributed by atoms with Gasteiger partial charge in [0.2, 0.25) is 0 Å². The molecular formula is C15H13NO3. The van der Waals surface area contributed by atoms with Crippen LogP contribution in [0.5, 0.6) is 0 Å². The van der Waals surface area contributed by atoms with Gasteiger partial charge in [0.15, 0.2) is 5.78 Å². The summed E-state index contributed by atoms with van der Waals surface area (Å²) in [5, 5.41) is 10.6. The van der Waals surface area contributed by atoms with Crippen molar-refractivity contribution in [1.82, 2.24) is 0 Å². The first-order valence-corrected chi connectivity index (χ1v) is 6.00. The van der Waals surface area contributed by atoms with E-state index in [1.807, 2.05) is 19.1 Å². The number of benzene rings is 2. The quantitative estimate of drug-likeness (QED) is 0.473. The molecule has 0 aliphatic carbocycles. The molecule has 4 heteroatoms. The number of ketones is 1. The third-order valence-corrected chi connectivity index (χ3v) is 2.94. The van der Waals surface area contributed by atoms with Gasteiger partial charge in [-0.25, -0.2) is 0 Å². The number of non-ortho nitro benzene ring substituents is 1. The van der Waals surface area contributed by atoms with Crippen LogP contribution in [0, 0.1) is 10.1 Å². The number of carbonyl (C=O) groups excluding carboxylic acids is 1. The van der Waals surface area contributed by atoms with Crippen LogP contribution in [0.3, 0.4) is 0 Å². The number of hydrogen-bond donors (Lipinski definition) is 0. The molecule has 2 aromatic rings. The fraction of sp³-hybridized carbons (Fsp3) is 0.133. The zero-order chi connectivity index (χ0) is 13.8. The number of hydrogen-bond acceptors (Lipinski definition) is 3. The fourth-order valence-corrected chi connectivity index (χ4v) is 1.83. The van der Waals surface area contributed by atoms with Crippen LogP contribution < -0.4 is 0 Å².